The van der Waals surface area contributed by atoms with Crippen molar-refractivity contribution in [2.45, 2.75) is 29.6 Å². The molecule has 0 aromatic heterocycles. The first-order valence-electron chi connectivity index (χ1n) is 4.56. The van der Waals surface area contributed by atoms with Crippen molar-refractivity contribution >= 4 is 22.6 Å². The fourth-order valence-electron chi connectivity index (χ4n) is 2.29. The molecule has 0 aromatic carbocycles. The molecule has 0 aromatic rings. The molecule has 2 fully saturated rings. The molecule has 1 saturated carbocycles. The Morgan fingerprint density at radius 1 is 1.27 bits per heavy atom. The molecule has 1 saturated heterocycles. The van der Waals surface area contributed by atoms with Gasteiger partial charge in [-0.05, 0) is 51.2 Å². The predicted molar refractivity (Wildman–Crippen MR) is 56.2 cm³/mol. The molecule has 64 valence electrons. The summed E-state index contributed by atoms with van der Waals surface area (Å²) in [6.07, 6.45) is 5.90. The van der Waals surface area contributed by atoms with Crippen LogP contribution in [-0.2, 0) is 0 Å². The van der Waals surface area contributed by atoms with Gasteiger partial charge in [-0.3, -0.25) is 0 Å². The zero-order valence-corrected chi connectivity index (χ0v) is 9.30. The summed E-state index contributed by atoms with van der Waals surface area (Å²) in [7, 11) is 2.24. The van der Waals surface area contributed by atoms with E-state index in [1.807, 2.05) is 0 Å². The summed E-state index contributed by atoms with van der Waals surface area (Å²) in [6, 6.07) is 0. The van der Waals surface area contributed by atoms with Gasteiger partial charge in [-0.25, -0.2) is 0 Å². The van der Waals surface area contributed by atoms with Crippen molar-refractivity contribution in [1.29, 1.82) is 0 Å². The lowest BCUT2D eigenvalue weighted by Crippen LogP contribution is -2.48. The predicted octanol–water partition coefficient (Wildman–Crippen LogP) is 2.30. The molecule has 11 heavy (non-hydrogen) atoms. The van der Waals surface area contributed by atoms with Crippen molar-refractivity contribution in [1.82, 2.24) is 4.90 Å². The van der Waals surface area contributed by atoms with Crippen molar-refractivity contribution in [2.75, 3.05) is 20.1 Å². The van der Waals surface area contributed by atoms with Gasteiger partial charge in [-0.15, -0.1) is 0 Å². The van der Waals surface area contributed by atoms with Crippen LogP contribution in [0.25, 0.3) is 0 Å². The van der Waals surface area contributed by atoms with Crippen molar-refractivity contribution < 1.29 is 0 Å². The monoisotopic (exact) mass is 265 g/mol. The highest BCUT2D eigenvalue weighted by atomic mass is 127. The van der Waals surface area contributed by atoms with Gasteiger partial charge in [0.05, 0.1) is 0 Å². The first kappa shape index (κ1) is 8.30. The Balaban J connectivity index is 1.96. The Morgan fingerprint density at radius 2 is 1.91 bits per heavy atom. The molecule has 1 unspecified atom stereocenters. The number of halogens is 1. The van der Waals surface area contributed by atoms with Crippen molar-refractivity contribution in [2.24, 2.45) is 5.41 Å². The molecule has 0 amide bonds. The summed E-state index contributed by atoms with van der Waals surface area (Å²) in [5.41, 5.74) is 0.785. The van der Waals surface area contributed by atoms with Crippen LogP contribution in [0.4, 0.5) is 0 Å². The third-order valence-electron chi connectivity index (χ3n) is 3.54. The molecule has 1 heterocycles. The first-order valence-corrected chi connectivity index (χ1v) is 5.80. The van der Waals surface area contributed by atoms with Crippen LogP contribution in [-0.4, -0.2) is 29.0 Å². The van der Waals surface area contributed by atoms with E-state index in [1.165, 1.54) is 38.8 Å². The van der Waals surface area contributed by atoms with Crippen LogP contribution in [0.3, 0.4) is 0 Å². The number of likely N-dealkylation sites (tertiary alicyclic amines) is 1. The summed E-state index contributed by atoms with van der Waals surface area (Å²) in [5, 5.41) is 0. The molecule has 0 bridgehead atoms. The summed E-state index contributed by atoms with van der Waals surface area (Å²) in [4.78, 5) is 2.47. The van der Waals surface area contributed by atoms with Crippen LogP contribution < -0.4 is 0 Å². The molecule has 1 aliphatic heterocycles. The normalized spacial score (nSPS) is 37.1. The van der Waals surface area contributed by atoms with Crippen LogP contribution >= 0.6 is 22.6 Å². The standard InChI is InChI=1S/C9H16IN/c1-11-6-4-9(5-7-11)3-2-8(9)10/h8H,2-7H2,1H3. The van der Waals surface area contributed by atoms with Crippen molar-refractivity contribution in [3.8, 4) is 0 Å². The number of hydrogen-bond donors (Lipinski definition) is 0. The quantitative estimate of drug-likeness (QED) is 0.480. The highest BCUT2D eigenvalue weighted by Crippen LogP contribution is 2.52. The van der Waals surface area contributed by atoms with Gasteiger partial charge in [0.25, 0.3) is 0 Å². The topological polar surface area (TPSA) is 3.24 Å². The lowest BCUT2D eigenvalue weighted by Gasteiger charge is -2.51. The molecule has 0 N–H and O–H groups in total. The van der Waals surface area contributed by atoms with Gasteiger partial charge in [0.2, 0.25) is 0 Å². The molecule has 1 spiro atoms. The van der Waals surface area contributed by atoms with Crippen LogP contribution in [0, 0.1) is 5.41 Å². The Labute approximate surface area is 82.7 Å². The molecule has 1 atom stereocenters. The summed E-state index contributed by atoms with van der Waals surface area (Å²) >= 11 is 2.65. The fraction of sp³-hybridized carbons (Fsp3) is 1.00. The van der Waals surface area contributed by atoms with E-state index < -0.39 is 0 Å². The molecule has 2 aliphatic rings. The molecule has 2 rings (SSSR count). The highest BCUT2D eigenvalue weighted by Gasteiger charge is 2.46. The van der Waals surface area contributed by atoms with Gasteiger partial charge in [0.15, 0.2) is 0 Å². The number of rotatable bonds is 0. The lowest BCUT2D eigenvalue weighted by molar-refractivity contribution is 0.0585. The van der Waals surface area contributed by atoms with Gasteiger partial charge in [-0.1, -0.05) is 22.6 Å². The van der Waals surface area contributed by atoms with Crippen LogP contribution in [0.5, 0.6) is 0 Å². The minimum Gasteiger partial charge on any atom is -0.306 e. The van der Waals surface area contributed by atoms with Crippen LogP contribution in [0.1, 0.15) is 25.7 Å². The van der Waals surface area contributed by atoms with E-state index in [-0.39, 0.29) is 0 Å². The van der Waals surface area contributed by atoms with Crippen LogP contribution in [0.2, 0.25) is 0 Å². The number of nitrogens with zero attached hydrogens (tertiary/aromatic N) is 1. The minimum atomic E-state index is 0.785. The maximum Gasteiger partial charge on any atom is 0.0167 e. The van der Waals surface area contributed by atoms with E-state index in [9.17, 15) is 0 Å². The Kier molecular flexibility index (Phi) is 2.17. The summed E-state index contributed by atoms with van der Waals surface area (Å²) in [6.45, 7) is 2.67. The molecule has 0 radical (unpaired) electrons. The summed E-state index contributed by atoms with van der Waals surface area (Å²) < 4.78 is 0.994. The third-order valence-corrected chi connectivity index (χ3v) is 5.49. The smallest absolute Gasteiger partial charge is 0.0167 e. The van der Waals surface area contributed by atoms with E-state index in [0.29, 0.717) is 0 Å². The molecule has 1 nitrogen and oxygen atoms in total. The zero-order valence-electron chi connectivity index (χ0n) is 7.15. The maximum absolute atomic E-state index is 2.65. The fourth-order valence-corrected chi connectivity index (χ4v) is 3.53. The average molecular weight is 265 g/mol. The van der Waals surface area contributed by atoms with E-state index in [1.54, 1.807) is 0 Å². The number of alkyl halides is 1. The largest absolute Gasteiger partial charge is 0.306 e. The van der Waals surface area contributed by atoms with Gasteiger partial charge in [-0.2, -0.15) is 0 Å². The van der Waals surface area contributed by atoms with Crippen LogP contribution in [0.15, 0.2) is 0 Å². The summed E-state index contributed by atoms with van der Waals surface area (Å²) in [5.74, 6) is 0. The third kappa shape index (κ3) is 1.32. The molecule has 2 heteroatoms. The number of piperidine rings is 1. The van der Waals surface area contributed by atoms with E-state index in [4.69, 9.17) is 0 Å². The van der Waals surface area contributed by atoms with E-state index >= 15 is 0 Å². The van der Waals surface area contributed by atoms with Gasteiger partial charge >= 0.3 is 0 Å². The average Bonchev–Trinajstić information content (AvgIpc) is 2.03. The van der Waals surface area contributed by atoms with E-state index in [2.05, 4.69) is 34.5 Å². The van der Waals surface area contributed by atoms with Gasteiger partial charge in [0, 0.05) is 3.92 Å². The Morgan fingerprint density at radius 3 is 2.27 bits per heavy atom. The SMILES string of the molecule is CN1CCC2(CCC2I)CC1. The Hall–Kier alpha value is 0.690. The second kappa shape index (κ2) is 2.87. The Bertz CT molecular complexity index is 150. The molecular weight excluding hydrogens is 249 g/mol. The van der Waals surface area contributed by atoms with Crippen molar-refractivity contribution in [3.63, 3.8) is 0 Å². The highest BCUT2D eigenvalue weighted by molar-refractivity contribution is 14.1. The maximum atomic E-state index is 2.65. The second-order valence-corrected chi connectivity index (χ2v) is 5.68. The van der Waals surface area contributed by atoms with Crippen molar-refractivity contribution in [3.05, 3.63) is 0 Å². The minimum absolute atomic E-state index is 0.785. The zero-order chi connectivity index (χ0) is 7.90. The van der Waals surface area contributed by atoms with Gasteiger partial charge in [0.1, 0.15) is 0 Å². The molecule has 1 aliphatic carbocycles. The van der Waals surface area contributed by atoms with E-state index in [0.717, 1.165) is 9.34 Å². The number of hydrogen-bond acceptors (Lipinski definition) is 1. The second-order valence-electron chi connectivity index (χ2n) is 4.17. The van der Waals surface area contributed by atoms with Gasteiger partial charge < -0.3 is 4.90 Å². The lowest BCUT2D eigenvalue weighted by atomic mass is 9.63. The molecular formula is C9H16IN. The first-order chi connectivity index (χ1) is 5.23.